The first-order chi connectivity index (χ1) is 9.06. The molecule has 0 aromatic heterocycles. The van der Waals surface area contributed by atoms with Crippen LogP contribution in [0, 0.1) is 12.8 Å². The van der Waals surface area contributed by atoms with Gasteiger partial charge in [-0.15, -0.1) is 0 Å². The highest BCUT2D eigenvalue weighted by Crippen LogP contribution is 2.26. The predicted octanol–water partition coefficient (Wildman–Crippen LogP) is 2.89. The minimum absolute atomic E-state index is 0.115. The monoisotopic (exact) mass is 324 g/mol. The van der Waals surface area contributed by atoms with Crippen LogP contribution in [0.4, 0.5) is 0 Å². The Morgan fingerprint density at radius 3 is 2.89 bits per heavy atom. The second kappa shape index (κ2) is 6.53. The minimum Gasteiger partial charge on any atom is -0.352 e. The van der Waals surface area contributed by atoms with Gasteiger partial charge in [0.15, 0.2) is 0 Å². The molecule has 0 saturated heterocycles. The summed E-state index contributed by atoms with van der Waals surface area (Å²) in [5.74, 6) is 0.482. The van der Waals surface area contributed by atoms with Gasteiger partial charge in [-0.1, -0.05) is 28.4 Å². The van der Waals surface area contributed by atoms with Crippen LogP contribution in [-0.4, -0.2) is 11.9 Å². The first-order valence-corrected chi connectivity index (χ1v) is 7.63. The van der Waals surface area contributed by atoms with E-state index < -0.39 is 0 Å². The van der Waals surface area contributed by atoms with E-state index in [-0.39, 0.29) is 11.9 Å². The lowest BCUT2D eigenvalue weighted by atomic mass is 10.00. The second-order valence-electron chi connectivity index (χ2n) is 5.41. The maximum Gasteiger partial charge on any atom is 0.220 e. The fraction of sp³-hybridized carbons (Fsp3) is 0.533. The first-order valence-electron chi connectivity index (χ1n) is 6.83. The van der Waals surface area contributed by atoms with E-state index in [0.717, 1.165) is 29.3 Å². The number of benzene rings is 1. The third-order valence-corrected chi connectivity index (χ3v) is 4.44. The SMILES string of the molecule is Cc1cc(Br)ccc1CNC(=O)C[C@@H]1CCC[C@H]1N. The van der Waals surface area contributed by atoms with E-state index in [2.05, 4.69) is 34.2 Å². The second-order valence-corrected chi connectivity index (χ2v) is 6.32. The Morgan fingerprint density at radius 1 is 1.47 bits per heavy atom. The van der Waals surface area contributed by atoms with Gasteiger partial charge in [0.2, 0.25) is 5.91 Å². The van der Waals surface area contributed by atoms with Crippen LogP contribution >= 0.6 is 15.9 Å². The zero-order valence-electron chi connectivity index (χ0n) is 11.3. The zero-order chi connectivity index (χ0) is 13.8. The smallest absolute Gasteiger partial charge is 0.220 e. The van der Waals surface area contributed by atoms with Crippen molar-refractivity contribution in [1.82, 2.24) is 5.32 Å². The Bertz CT molecular complexity index is 461. The van der Waals surface area contributed by atoms with Crippen molar-refractivity contribution in [2.75, 3.05) is 0 Å². The lowest BCUT2D eigenvalue weighted by molar-refractivity contribution is -0.122. The molecule has 1 saturated carbocycles. The fourth-order valence-corrected chi connectivity index (χ4v) is 3.16. The number of amides is 1. The standard InChI is InChI=1S/C15H21BrN2O/c1-10-7-13(16)6-5-12(10)9-18-15(19)8-11-3-2-4-14(11)17/h5-7,11,14H,2-4,8-9,17H2,1H3,(H,18,19)/t11-,14+/m0/s1. The molecule has 1 aliphatic carbocycles. The van der Waals surface area contributed by atoms with Gasteiger partial charge in [-0.2, -0.15) is 0 Å². The quantitative estimate of drug-likeness (QED) is 0.894. The maximum absolute atomic E-state index is 11.9. The predicted molar refractivity (Wildman–Crippen MR) is 80.7 cm³/mol. The number of hydrogen-bond acceptors (Lipinski definition) is 2. The van der Waals surface area contributed by atoms with Crippen molar-refractivity contribution in [2.45, 2.75) is 45.2 Å². The van der Waals surface area contributed by atoms with Crippen LogP contribution in [0.3, 0.4) is 0 Å². The third kappa shape index (κ3) is 4.05. The summed E-state index contributed by atoms with van der Waals surface area (Å²) in [5.41, 5.74) is 8.34. The van der Waals surface area contributed by atoms with Gasteiger partial charge < -0.3 is 11.1 Å². The maximum atomic E-state index is 11.9. The van der Waals surface area contributed by atoms with Crippen molar-refractivity contribution in [2.24, 2.45) is 11.7 Å². The molecule has 0 radical (unpaired) electrons. The third-order valence-electron chi connectivity index (χ3n) is 3.95. The molecule has 0 heterocycles. The van der Waals surface area contributed by atoms with Crippen molar-refractivity contribution in [1.29, 1.82) is 0 Å². The van der Waals surface area contributed by atoms with Crippen molar-refractivity contribution in [3.8, 4) is 0 Å². The Balaban J connectivity index is 1.83. The Kier molecular flexibility index (Phi) is 4.99. The molecule has 104 valence electrons. The molecular weight excluding hydrogens is 304 g/mol. The van der Waals surface area contributed by atoms with Crippen LogP contribution in [0.15, 0.2) is 22.7 Å². The molecule has 1 aromatic carbocycles. The van der Waals surface area contributed by atoms with Crippen LogP contribution in [0.1, 0.15) is 36.8 Å². The molecular formula is C15H21BrN2O. The van der Waals surface area contributed by atoms with E-state index in [1.54, 1.807) is 0 Å². The van der Waals surface area contributed by atoms with Crippen molar-refractivity contribution < 1.29 is 4.79 Å². The molecule has 1 amide bonds. The largest absolute Gasteiger partial charge is 0.352 e. The summed E-state index contributed by atoms with van der Waals surface area (Å²) in [6, 6.07) is 6.32. The molecule has 0 spiro atoms. The summed E-state index contributed by atoms with van der Waals surface area (Å²) in [6.07, 6.45) is 3.87. The zero-order valence-corrected chi connectivity index (χ0v) is 12.9. The van der Waals surface area contributed by atoms with E-state index in [1.807, 2.05) is 12.1 Å². The van der Waals surface area contributed by atoms with Crippen molar-refractivity contribution in [3.05, 3.63) is 33.8 Å². The van der Waals surface area contributed by atoms with Crippen molar-refractivity contribution >= 4 is 21.8 Å². The van der Waals surface area contributed by atoms with Gasteiger partial charge in [0.1, 0.15) is 0 Å². The van der Waals surface area contributed by atoms with Crippen LogP contribution < -0.4 is 11.1 Å². The number of rotatable bonds is 4. The molecule has 1 aliphatic rings. The average molecular weight is 325 g/mol. The van der Waals surface area contributed by atoms with Gasteiger partial charge in [0, 0.05) is 23.5 Å². The molecule has 3 N–H and O–H groups in total. The summed E-state index contributed by atoms with van der Waals surface area (Å²) >= 11 is 3.44. The summed E-state index contributed by atoms with van der Waals surface area (Å²) in [6.45, 7) is 2.65. The van der Waals surface area contributed by atoms with Gasteiger partial charge >= 0.3 is 0 Å². The topological polar surface area (TPSA) is 55.1 Å². The highest BCUT2D eigenvalue weighted by molar-refractivity contribution is 9.10. The van der Waals surface area contributed by atoms with Gasteiger partial charge in [-0.3, -0.25) is 4.79 Å². The normalized spacial score (nSPS) is 22.5. The van der Waals surface area contributed by atoms with Crippen LogP contribution in [-0.2, 0) is 11.3 Å². The number of hydrogen-bond donors (Lipinski definition) is 2. The summed E-state index contributed by atoms with van der Waals surface area (Å²) in [7, 11) is 0. The molecule has 3 nitrogen and oxygen atoms in total. The molecule has 1 fully saturated rings. The van der Waals surface area contributed by atoms with Gasteiger partial charge in [-0.25, -0.2) is 0 Å². The van der Waals surface area contributed by atoms with Gasteiger partial charge in [0.25, 0.3) is 0 Å². The molecule has 0 unspecified atom stereocenters. The summed E-state index contributed by atoms with van der Waals surface area (Å²) in [4.78, 5) is 11.9. The summed E-state index contributed by atoms with van der Waals surface area (Å²) in [5, 5.41) is 3.00. The highest BCUT2D eigenvalue weighted by atomic mass is 79.9. The number of nitrogens with one attached hydrogen (secondary N) is 1. The minimum atomic E-state index is 0.115. The van der Waals surface area contributed by atoms with Gasteiger partial charge in [-0.05, 0) is 48.9 Å². The van der Waals surface area contributed by atoms with Gasteiger partial charge in [0.05, 0.1) is 0 Å². The number of nitrogens with two attached hydrogens (primary N) is 1. The van der Waals surface area contributed by atoms with Crippen LogP contribution in [0.2, 0.25) is 0 Å². The first kappa shape index (κ1) is 14.5. The van der Waals surface area contributed by atoms with Crippen LogP contribution in [0.5, 0.6) is 0 Å². The molecule has 0 bridgehead atoms. The number of carbonyl (C=O) groups is 1. The Hall–Kier alpha value is -0.870. The lowest BCUT2D eigenvalue weighted by Gasteiger charge is -2.15. The van der Waals surface area contributed by atoms with E-state index in [4.69, 9.17) is 5.73 Å². The number of halogens is 1. The number of aryl methyl sites for hydroxylation is 1. The molecule has 2 atom stereocenters. The van der Waals surface area contributed by atoms with E-state index in [1.165, 1.54) is 5.56 Å². The lowest BCUT2D eigenvalue weighted by Crippen LogP contribution is -2.31. The molecule has 0 aliphatic heterocycles. The van der Waals surface area contributed by atoms with E-state index in [0.29, 0.717) is 18.9 Å². The van der Waals surface area contributed by atoms with Crippen molar-refractivity contribution in [3.63, 3.8) is 0 Å². The highest BCUT2D eigenvalue weighted by Gasteiger charge is 2.25. The fourth-order valence-electron chi connectivity index (χ4n) is 2.68. The van der Waals surface area contributed by atoms with E-state index in [9.17, 15) is 4.79 Å². The molecule has 19 heavy (non-hydrogen) atoms. The van der Waals surface area contributed by atoms with E-state index >= 15 is 0 Å². The van der Waals surface area contributed by atoms with Crippen LogP contribution in [0.25, 0.3) is 0 Å². The summed E-state index contributed by atoms with van der Waals surface area (Å²) < 4.78 is 1.07. The molecule has 2 rings (SSSR count). The molecule has 4 heteroatoms. The molecule has 1 aromatic rings. The Morgan fingerprint density at radius 2 is 2.26 bits per heavy atom. The Labute approximate surface area is 123 Å². The average Bonchev–Trinajstić information content (AvgIpc) is 2.74. The number of carbonyl (C=O) groups excluding carboxylic acids is 1.